The minimum absolute atomic E-state index is 1.03. The summed E-state index contributed by atoms with van der Waals surface area (Å²) in [6, 6.07) is 216. The average molecular weight is 1860 g/mol. The summed E-state index contributed by atoms with van der Waals surface area (Å²) in [4.78, 5) is 9.70. The van der Waals surface area contributed by atoms with Gasteiger partial charge < -0.3 is 28.7 Å². The third kappa shape index (κ3) is 17.4. The maximum atomic E-state index is 2.44. The van der Waals surface area contributed by atoms with Crippen LogP contribution in [0.1, 0.15) is 0 Å². The number of benzene rings is 24. The van der Waals surface area contributed by atoms with Crippen molar-refractivity contribution in [2.45, 2.75) is 0 Å². The molecule has 0 unspecified atom stereocenters. The van der Waals surface area contributed by atoms with Crippen LogP contribution in [0.15, 0.2) is 595 Å². The molecule has 2 heterocycles. The van der Waals surface area contributed by atoms with Crippen LogP contribution in [0.3, 0.4) is 0 Å². The molecule has 2 aromatic heterocycles. The third-order valence-corrected chi connectivity index (χ3v) is 28.3. The Labute approximate surface area is 850 Å². The van der Waals surface area contributed by atoms with Gasteiger partial charge in [0.25, 0.3) is 0 Å². The van der Waals surface area contributed by atoms with Gasteiger partial charge in [-0.1, -0.05) is 419 Å². The minimum Gasteiger partial charge on any atom is -0.310 e. The predicted molar refractivity (Wildman–Crippen MR) is 619 cm³/mol. The van der Waals surface area contributed by atoms with Crippen LogP contribution in [-0.2, 0) is 0 Å². The second-order valence-corrected chi connectivity index (χ2v) is 37.1. The quantitative estimate of drug-likeness (QED) is 0.0674. The van der Waals surface area contributed by atoms with E-state index < -0.39 is 0 Å². The zero-order valence-electron chi connectivity index (χ0n) is 80.3. The van der Waals surface area contributed by atoms with Crippen molar-refractivity contribution in [2.75, 3.05) is 19.6 Å². The topological polar surface area (TPSA) is 22.8 Å². The van der Waals surface area contributed by atoms with E-state index in [0.29, 0.717) is 0 Å². The minimum atomic E-state index is 1.03. The molecule has 0 aliphatic rings. The van der Waals surface area contributed by atoms with E-state index in [-0.39, 0.29) is 0 Å². The molecule has 0 radical (unpaired) electrons. The second-order valence-electron chi connectivity index (χ2n) is 37.1. The molecule has 24 aromatic carbocycles. The smallest absolute Gasteiger partial charge is 0.0561 e. The summed E-state index contributed by atoms with van der Waals surface area (Å²) >= 11 is 0. The van der Waals surface area contributed by atoms with Crippen LogP contribution in [0.2, 0.25) is 0 Å². The lowest BCUT2D eigenvalue weighted by Gasteiger charge is -2.31. The number of aromatic nitrogens is 2. The van der Waals surface area contributed by atoms with Gasteiger partial charge in [-0.2, -0.15) is 0 Å². The second kappa shape index (κ2) is 39.4. The SMILES string of the molecule is c1ccc(-c2ccc(N(c3ccc(-c4ccccc4)cc3)c3cc(-c4cccc5ccccc45)cc(N(c4ccc(-c5ccccc5)cc4)c4ccc5c(c4)c4ccccc4n5-c4ccccc4)c3)cc2)cc1.c1ccc(-c2ccc(N(c3ccc(-c4ccccc4)cc3)c3cc(-c4cccc5ccccc45)cc(N(c4ccc(-c5ccccc5)cc4)c4ccc5c6ccccc6n(-c6ccccc6)c5c4)c3)cc2)cc1. The van der Waals surface area contributed by atoms with E-state index in [1.165, 1.54) is 132 Å². The molecule has 0 amide bonds. The van der Waals surface area contributed by atoms with Gasteiger partial charge in [0, 0.05) is 101 Å². The molecule has 0 N–H and O–H groups in total. The van der Waals surface area contributed by atoms with Crippen LogP contribution in [0, 0.1) is 0 Å². The van der Waals surface area contributed by atoms with E-state index >= 15 is 0 Å². The summed E-state index contributed by atoms with van der Waals surface area (Å²) in [5, 5.41) is 9.62. The van der Waals surface area contributed by atoms with E-state index in [9.17, 15) is 0 Å². The first-order chi connectivity index (χ1) is 72.4. The summed E-state index contributed by atoms with van der Waals surface area (Å²) < 4.78 is 4.79. The molecule has 6 nitrogen and oxygen atoms in total. The molecule has 6 heteroatoms. The number of para-hydroxylation sites is 4. The molecule has 0 fully saturated rings. The molecule has 0 aliphatic heterocycles. The summed E-state index contributed by atoms with van der Waals surface area (Å²) in [5.74, 6) is 0. The van der Waals surface area contributed by atoms with Crippen LogP contribution in [0.4, 0.5) is 68.2 Å². The van der Waals surface area contributed by atoms with Gasteiger partial charge in [0.15, 0.2) is 0 Å². The Morgan fingerprint density at radius 2 is 0.329 bits per heavy atom. The van der Waals surface area contributed by atoms with Gasteiger partial charge in [-0.05, 0) is 286 Å². The van der Waals surface area contributed by atoms with Crippen LogP contribution in [0.5, 0.6) is 0 Å². The molecular weight excluding hydrogens is 1770 g/mol. The van der Waals surface area contributed by atoms with Crippen molar-refractivity contribution in [3.05, 3.63) is 595 Å². The Balaban J connectivity index is 0.000000152. The van der Waals surface area contributed by atoms with Crippen molar-refractivity contribution < 1.29 is 0 Å². The Morgan fingerprint density at radius 1 is 0.110 bits per heavy atom. The fraction of sp³-hybridized carbons (Fsp3) is 0. The number of hydrogen-bond acceptors (Lipinski definition) is 4. The van der Waals surface area contributed by atoms with E-state index in [4.69, 9.17) is 0 Å². The van der Waals surface area contributed by atoms with Crippen molar-refractivity contribution >= 4 is 133 Å². The largest absolute Gasteiger partial charge is 0.310 e. The maximum Gasteiger partial charge on any atom is 0.0561 e. The van der Waals surface area contributed by atoms with Crippen molar-refractivity contribution in [3.63, 3.8) is 0 Å². The van der Waals surface area contributed by atoms with E-state index in [1.807, 2.05) is 0 Å². The molecule has 0 bridgehead atoms. The van der Waals surface area contributed by atoms with Crippen molar-refractivity contribution in [3.8, 4) is 100 Å². The molecule has 0 saturated carbocycles. The van der Waals surface area contributed by atoms with Crippen LogP contribution in [-0.4, -0.2) is 9.13 Å². The monoisotopic (exact) mass is 1860 g/mol. The summed E-state index contributed by atoms with van der Waals surface area (Å²) in [6.45, 7) is 0. The average Bonchev–Trinajstić information content (AvgIpc) is 1.55. The molecule has 0 aliphatic carbocycles. The van der Waals surface area contributed by atoms with Gasteiger partial charge in [0.1, 0.15) is 0 Å². The Bertz CT molecular complexity index is 8960. The molecule has 26 rings (SSSR count). The first kappa shape index (κ1) is 88.1. The highest BCUT2D eigenvalue weighted by molar-refractivity contribution is 6.13. The maximum absolute atomic E-state index is 2.44. The first-order valence-electron chi connectivity index (χ1n) is 50.0. The Hall–Kier alpha value is -19.4. The van der Waals surface area contributed by atoms with Gasteiger partial charge in [-0.15, -0.1) is 0 Å². The Kier molecular flexibility index (Phi) is 23.7. The first-order valence-corrected chi connectivity index (χ1v) is 50.0. The van der Waals surface area contributed by atoms with Gasteiger partial charge in [0.2, 0.25) is 0 Å². The van der Waals surface area contributed by atoms with Gasteiger partial charge in [0.05, 0.1) is 22.1 Å². The lowest BCUT2D eigenvalue weighted by Crippen LogP contribution is -2.14. The predicted octanol–water partition coefficient (Wildman–Crippen LogP) is 39.1. The van der Waals surface area contributed by atoms with Crippen molar-refractivity contribution in [1.82, 2.24) is 9.13 Å². The lowest BCUT2D eigenvalue weighted by molar-refractivity contribution is 1.18. The number of hydrogen-bond donors (Lipinski definition) is 0. The highest BCUT2D eigenvalue weighted by Gasteiger charge is 2.27. The van der Waals surface area contributed by atoms with E-state index in [2.05, 4.69) is 623 Å². The number of rotatable bonds is 22. The summed E-state index contributed by atoms with van der Waals surface area (Å²) in [7, 11) is 0. The van der Waals surface area contributed by atoms with Crippen LogP contribution < -0.4 is 19.6 Å². The fourth-order valence-corrected chi connectivity index (χ4v) is 21.3. The van der Waals surface area contributed by atoms with Crippen molar-refractivity contribution in [2.24, 2.45) is 0 Å². The number of fused-ring (bicyclic) bond motifs is 8. The number of anilines is 12. The molecule has 26 aromatic rings. The highest BCUT2D eigenvalue weighted by Crippen LogP contribution is 2.51. The zero-order valence-corrected chi connectivity index (χ0v) is 80.3. The van der Waals surface area contributed by atoms with Crippen molar-refractivity contribution in [1.29, 1.82) is 0 Å². The van der Waals surface area contributed by atoms with E-state index in [0.717, 1.165) is 102 Å². The molecular formula is C140H98N6. The molecule has 0 spiro atoms. The van der Waals surface area contributed by atoms with Gasteiger partial charge >= 0.3 is 0 Å². The van der Waals surface area contributed by atoms with E-state index in [1.54, 1.807) is 0 Å². The Morgan fingerprint density at radius 3 is 0.651 bits per heavy atom. The molecule has 0 saturated heterocycles. The normalized spacial score (nSPS) is 11.3. The van der Waals surface area contributed by atoms with Crippen LogP contribution >= 0.6 is 0 Å². The zero-order chi connectivity index (χ0) is 97.0. The summed E-state index contributed by atoms with van der Waals surface area (Å²) in [5.41, 5.74) is 38.1. The lowest BCUT2D eigenvalue weighted by atomic mass is 9.96. The van der Waals surface area contributed by atoms with Gasteiger partial charge in [-0.3, -0.25) is 0 Å². The van der Waals surface area contributed by atoms with Gasteiger partial charge in [-0.25, -0.2) is 0 Å². The van der Waals surface area contributed by atoms with Crippen LogP contribution in [0.25, 0.3) is 166 Å². The highest BCUT2D eigenvalue weighted by atomic mass is 15.2. The molecule has 146 heavy (non-hydrogen) atoms. The molecule has 688 valence electrons. The number of nitrogens with zero attached hydrogens (tertiary/aromatic N) is 6. The molecule has 0 atom stereocenters. The standard InChI is InChI=1S/2C70H49N3/c1-5-18-50(19-6-1)53-32-38-59(39-33-53)71(60-40-34-54(35-41-60)51-20-7-2-8-21-51)63-46-57(66-30-17-25-56-24-13-14-28-65(56)66)47-64(48-63)72(61-42-36-55(37-43-61)52-22-9-3-10-23-52)62-44-45-70-68(49-62)67-29-15-16-31-69(67)73(70)58-26-11-4-12-27-58;1-5-18-50(19-6-1)53-32-38-59(39-33-53)71(60-40-34-54(35-41-60)51-20-7-2-8-21-51)63-46-57(66-30-17-25-56-24-13-14-28-65(56)66)47-64(48-63)72(61-42-36-55(37-43-61)52-22-9-3-10-23-52)62-44-45-68-67-29-15-16-31-69(67)73(70(68)49-62)58-26-11-4-12-27-58/h2*1-49H. The summed E-state index contributed by atoms with van der Waals surface area (Å²) in [6.07, 6.45) is 0. The third-order valence-electron chi connectivity index (χ3n) is 28.3. The fourth-order valence-electron chi connectivity index (χ4n) is 21.3.